The first-order valence-electron chi connectivity index (χ1n) is 12.7. The van der Waals surface area contributed by atoms with E-state index >= 15 is 0 Å². The van der Waals surface area contributed by atoms with E-state index < -0.39 is 28.5 Å². The second kappa shape index (κ2) is 13.7. The fourth-order valence-corrected chi connectivity index (χ4v) is 5.86. The average molecular weight is 625 g/mol. The fraction of sp³-hybridized carbons (Fsp3) is 0.310. The summed E-state index contributed by atoms with van der Waals surface area (Å²) >= 11 is 18.5. The number of benzene rings is 3. The van der Waals surface area contributed by atoms with Gasteiger partial charge in [-0.05, 0) is 81.3 Å². The standard InChI is InChI=1S/C29H32Cl3N3O4S/c1-5-20(3)33-29(37)21(4)34(17-22-8-9-24(31)16-27(22)32)28(36)18-35(25-12-10-23(30)11-13-25)40(38,39)26-14-6-19(2)7-15-26/h6-16,20-21H,5,17-18H2,1-4H3,(H,33,37)/t20-,21+/m0/s1. The highest BCUT2D eigenvalue weighted by molar-refractivity contribution is 7.92. The van der Waals surface area contributed by atoms with Crippen molar-refractivity contribution in [3.8, 4) is 0 Å². The monoisotopic (exact) mass is 623 g/mol. The number of carbonyl (C=O) groups excluding carboxylic acids is 2. The van der Waals surface area contributed by atoms with Gasteiger partial charge >= 0.3 is 0 Å². The van der Waals surface area contributed by atoms with Crippen LogP contribution in [0.4, 0.5) is 5.69 Å². The summed E-state index contributed by atoms with van der Waals surface area (Å²) in [5.41, 5.74) is 1.70. The Hall–Kier alpha value is -2.78. The first kappa shape index (κ1) is 31.7. The van der Waals surface area contributed by atoms with Crippen LogP contribution >= 0.6 is 34.8 Å². The molecule has 0 saturated carbocycles. The molecule has 0 heterocycles. The number of nitrogens with zero attached hydrogens (tertiary/aromatic N) is 2. The molecule has 214 valence electrons. The Morgan fingerprint density at radius 3 is 2.08 bits per heavy atom. The molecule has 2 amide bonds. The van der Waals surface area contributed by atoms with Gasteiger partial charge in [-0.15, -0.1) is 0 Å². The van der Waals surface area contributed by atoms with Crippen molar-refractivity contribution in [1.29, 1.82) is 0 Å². The largest absolute Gasteiger partial charge is 0.352 e. The molecule has 0 bridgehead atoms. The first-order chi connectivity index (χ1) is 18.8. The predicted octanol–water partition coefficient (Wildman–Crippen LogP) is 6.48. The Morgan fingerprint density at radius 1 is 0.900 bits per heavy atom. The van der Waals surface area contributed by atoms with Crippen LogP contribution in [0.2, 0.25) is 15.1 Å². The van der Waals surface area contributed by atoms with Gasteiger partial charge < -0.3 is 10.2 Å². The van der Waals surface area contributed by atoms with Gasteiger partial charge in [0.15, 0.2) is 0 Å². The summed E-state index contributed by atoms with van der Waals surface area (Å²) in [6.07, 6.45) is 0.703. The van der Waals surface area contributed by atoms with Crippen LogP contribution in [0, 0.1) is 6.92 Å². The van der Waals surface area contributed by atoms with Gasteiger partial charge in [0.25, 0.3) is 10.0 Å². The molecule has 0 aliphatic carbocycles. The second-order valence-corrected chi connectivity index (χ2v) is 12.7. The molecule has 40 heavy (non-hydrogen) atoms. The van der Waals surface area contributed by atoms with E-state index in [2.05, 4.69) is 5.32 Å². The number of rotatable bonds is 11. The van der Waals surface area contributed by atoms with Crippen LogP contribution in [-0.2, 0) is 26.2 Å². The van der Waals surface area contributed by atoms with Crippen molar-refractivity contribution in [2.24, 2.45) is 0 Å². The van der Waals surface area contributed by atoms with Crippen molar-refractivity contribution in [3.63, 3.8) is 0 Å². The molecule has 0 fully saturated rings. The Bertz CT molecular complexity index is 1450. The highest BCUT2D eigenvalue weighted by Crippen LogP contribution is 2.27. The van der Waals surface area contributed by atoms with Crippen molar-refractivity contribution < 1.29 is 18.0 Å². The van der Waals surface area contributed by atoms with Gasteiger partial charge in [0, 0.05) is 27.7 Å². The van der Waals surface area contributed by atoms with Crippen LogP contribution < -0.4 is 9.62 Å². The molecular weight excluding hydrogens is 593 g/mol. The molecule has 3 aromatic carbocycles. The Kier molecular flexibility index (Phi) is 10.9. The maximum absolute atomic E-state index is 14.0. The van der Waals surface area contributed by atoms with Gasteiger partial charge in [-0.25, -0.2) is 8.42 Å². The van der Waals surface area contributed by atoms with Gasteiger partial charge in [-0.1, -0.05) is 65.5 Å². The molecule has 3 aromatic rings. The number of halogens is 3. The molecule has 2 atom stereocenters. The van der Waals surface area contributed by atoms with E-state index in [-0.39, 0.29) is 29.1 Å². The topological polar surface area (TPSA) is 86.8 Å². The lowest BCUT2D eigenvalue weighted by Gasteiger charge is -2.32. The molecule has 7 nitrogen and oxygen atoms in total. The number of nitrogens with one attached hydrogen (secondary N) is 1. The molecule has 0 saturated heterocycles. The van der Waals surface area contributed by atoms with E-state index in [1.54, 1.807) is 49.4 Å². The molecule has 1 N–H and O–H groups in total. The van der Waals surface area contributed by atoms with Crippen molar-refractivity contribution in [2.45, 2.75) is 57.6 Å². The number of hydrogen-bond donors (Lipinski definition) is 1. The van der Waals surface area contributed by atoms with Crippen molar-refractivity contribution >= 4 is 62.3 Å². The van der Waals surface area contributed by atoms with Gasteiger partial charge in [0.05, 0.1) is 10.6 Å². The van der Waals surface area contributed by atoms with E-state index in [0.717, 1.165) is 9.87 Å². The number of anilines is 1. The summed E-state index contributed by atoms with van der Waals surface area (Å²) in [4.78, 5) is 28.4. The lowest BCUT2D eigenvalue weighted by molar-refractivity contribution is -0.139. The third-order valence-corrected chi connectivity index (χ3v) is 9.15. The quantitative estimate of drug-likeness (QED) is 0.265. The molecule has 0 aliphatic rings. The zero-order valence-corrected chi connectivity index (χ0v) is 25.8. The summed E-state index contributed by atoms with van der Waals surface area (Å²) < 4.78 is 28.7. The van der Waals surface area contributed by atoms with E-state index in [1.165, 1.54) is 29.2 Å². The third kappa shape index (κ3) is 7.91. The number of carbonyl (C=O) groups is 2. The Morgan fingerprint density at radius 2 is 1.50 bits per heavy atom. The predicted molar refractivity (Wildman–Crippen MR) is 162 cm³/mol. The van der Waals surface area contributed by atoms with Crippen molar-refractivity contribution in [1.82, 2.24) is 10.2 Å². The lowest BCUT2D eigenvalue weighted by atomic mass is 10.1. The molecule has 0 aromatic heterocycles. The van der Waals surface area contributed by atoms with Gasteiger partial charge in [0.2, 0.25) is 11.8 Å². The minimum absolute atomic E-state index is 0.0238. The smallest absolute Gasteiger partial charge is 0.264 e. The third-order valence-electron chi connectivity index (χ3n) is 6.53. The summed E-state index contributed by atoms with van der Waals surface area (Å²) in [6, 6.07) is 16.3. The normalized spacial score (nSPS) is 12.9. The maximum atomic E-state index is 14.0. The molecular formula is C29H32Cl3N3O4S. The number of hydrogen-bond acceptors (Lipinski definition) is 4. The number of aryl methyl sites for hydroxylation is 1. The Labute approximate surface area is 251 Å². The molecule has 0 radical (unpaired) electrons. The average Bonchev–Trinajstić information content (AvgIpc) is 2.91. The fourth-order valence-electron chi connectivity index (χ4n) is 3.86. The molecule has 0 aliphatic heterocycles. The van der Waals surface area contributed by atoms with Gasteiger partial charge in [-0.2, -0.15) is 0 Å². The van der Waals surface area contributed by atoms with Crippen LogP contribution in [0.15, 0.2) is 71.6 Å². The van der Waals surface area contributed by atoms with Gasteiger partial charge in [-0.3, -0.25) is 13.9 Å². The van der Waals surface area contributed by atoms with Crippen LogP contribution in [-0.4, -0.2) is 43.8 Å². The molecule has 3 rings (SSSR count). The molecule has 11 heteroatoms. The SMILES string of the molecule is CC[C@H](C)NC(=O)[C@@H](C)N(Cc1ccc(Cl)cc1Cl)C(=O)CN(c1ccc(Cl)cc1)S(=O)(=O)c1ccc(C)cc1. The second-order valence-electron chi connectivity index (χ2n) is 9.55. The van der Waals surface area contributed by atoms with Crippen molar-refractivity contribution in [2.75, 3.05) is 10.8 Å². The molecule has 0 spiro atoms. The summed E-state index contributed by atoms with van der Waals surface area (Å²) in [7, 11) is -4.17. The summed E-state index contributed by atoms with van der Waals surface area (Å²) in [6.45, 7) is 6.64. The van der Waals surface area contributed by atoms with Crippen molar-refractivity contribution in [3.05, 3.63) is 92.9 Å². The minimum Gasteiger partial charge on any atom is -0.352 e. The van der Waals surface area contributed by atoms with Crippen LogP contribution in [0.25, 0.3) is 0 Å². The summed E-state index contributed by atoms with van der Waals surface area (Å²) in [5, 5.41) is 4.05. The Balaban J connectivity index is 2.04. The van der Waals surface area contributed by atoms with E-state index in [4.69, 9.17) is 34.8 Å². The maximum Gasteiger partial charge on any atom is 0.264 e. The highest BCUT2D eigenvalue weighted by atomic mass is 35.5. The number of amides is 2. The van der Waals surface area contributed by atoms with E-state index in [9.17, 15) is 18.0 Å². The van der Waals surface area contributed by atoms with E-state index in [0.29, 0.717) is 27.1 Å². The zero-order valence-electron chi connectivity index (χ0n) is 22.7. The first-order valence-corrected chi connectivity index (χ1v) is 15.3. The minimum atomic E-state index is -4.17. The van der Waals surface area contributed by atoms with Crippen LogP contribution in [0.1, 0.15) is 38.3 Å². The van der Waals surface area contributed by atoms with Crippen LogP contribution in [0.3, 0.4) is 0 Å². The van der Waals surface area contributed by atoms with Crippen LogP contribution in [0.5, 0.6) is 0 Å². The van der Waals surface area contributed by atoms with Gasteiger partial charge in [0.1, 0.15) is 12.6 Å². The highest BCUT2D eigenvalue weighted by Gasteiger charge is 2.33. The van der Waals surface area contributed by atoms with E-state index in [1.807, 2.05) is 20.8 Å². The number of sulfonamides is 1. The lowest BCUT2D eigenvalue weighted by Crippen LogP contribution is -2.52. The zero-order chi connectivity index (χ0) is 29.6. The summed E-state index contributed by atoms with van der Waals surface area (Å²) in [5.74, 6) is -0.962. The molecule has 0 unspecified atom stereocenters.